The highest BCUT2D eigenvalue weighted by Gasteiger charge is 2.54. The number of hydrogen-bond donors (Lipinski definition) is 2. The van der Waals surface area contributed by atoms with Crippen LogP contribution in [0.1, 0.15) is 19.8 Å². The van der Waals surface area contributed by atoms with Crippen LogP contribution in [0.15, 0.2) is 24.3 Å². The van der Waals surface area contributed by atoms with Gasteiger partial charge in [-0.1, -0.05) is 0 Å². The molecule has 2 fully saturated rings. The van der Waals surface area contributed by atoms with Gasteiger partial charge in [-0.3, -0.25) is 10.0 Å². The Bertz CT molecular complexity index is 769. The van der Waals surface area contributed by atoms with Gasteiger partial charge in [0.2, 0.25) is 10.0 Å². The van der Waals surface area contributed by atoms with E-state index in [9.17, 15) is 13.2 Å². The lowest BCUT2D eigenvalue weighted by Crippen LogP contribution is -2.62. The largest absolute Gasteiger partial charge is 0.494 e. The lowest BCUT2D eigenvalue weighted by atomic mass is 9.98. The van der Waals surface area contributed by atoms with E-state index in [0.29, 0.717) is 19.7 Å². The van der Waals surface area contributed by atoms with Crippen LogP contribution in [0.25, 0.3) is 0 Å². The predicted molar refractivity (Wildman–Crippen MR) is 103 cm³/mol. The number of rotatable bonds is 6. The number of piperazine rings is 1. The number of hydroxylamine groups is 1. The van der Waals surface area contributed by atoms with E-state index in [0.717, 1.165) is 11.4 Å². The summed E-state index contributed by atoms with van der Waals surface area (Å²) in [6.07, 6.45) is 0.0572. The highest BCUT2D eigenvalue weighted by Crippen LogP contribution is 2.34. The summed E-state index contributed by atoms with van der Waals surface area (Å²) in [6, 6.07) is 7.69. The third-order valence-corrected chi connectivity index (χ3v) is 8.03. The van der Waals surface area contributed by atoms with Crippen molar-refractivity contribution < 1.29 is 27.9 Å². The molecule has 156 valence electrons. The second-order valence-electron chi connectivity index (χ2n) is 6.87. The fourth-order valence-electron chi connectivity index (χ4n) is 3.76. The number of nitrogens with zero attached hydrogens (tertiary/aromatic N) is 2. The van der Waals surface area contributed by atoms with Gasteiger partial charge in [0, 0.05) is 57.9 Å². The molecule has 0 saturated carbocycles. The Morgan fingerprint density at radius 3 is 2.32 bits per heavy atom. The van der Waals surface area contributed by atoms with Gasteiger partial charge in [0.15, 0.2) is 4.75 Å². The van der Waals surface area contributed by atoms with Gasteiger partial charge in [-0.25, -0.2) is 13.9 Å². The van der Waals surface area contributed by atoms with E-state index in [1.807, 2.05) is 31.2 Å². The summed E-state index contributed by atoms with van der Waals surface area (Å²) in [6.45, 7) is 4.44. The number of sulfonamides is 1. The minimum absolute atomic E-state index is 0.0286. The van der Waals surface area contributed by atoms with Crippen LogP contribution in [0.5, 0.6) is 5.75 Å². The molecule has 2 N–H and O–H groups in total. The molecule has 0 aromatic heterocycles. The Morgan fingerprint density at radius 1 is 1.18 bits per heavy atom. The molecule has 3 rings (SSSR count). The molecule has 1 aromatic carbocycles. The van der Waals surface area contributed by atoms with E-state index in [4.69, 9.17) is 14.7 Å². The van der Waals surface area contributed by atoms with Crippen LogP contribution < -0.4 is 15.1 Å². The number of anilines is 1. The minimum atomic E-state index is -3.94. The fraction of sp³-hybridized carbons (Fsp3) is 0.611. The third-order valence-electron chi connectivity index (χ3n) is 5.40. The lowest BCUT2D eigenvalue weighted by Gasteiger charge is -2.42. The standard InChI is InChI=1S/C18H27N3O6S/c1-2-27-16-5-3-15(4-6-16)20-9-11-21(12-10-20)28(24,25)18(17(22)19-23)7-13-26-14-8-18/h3-6,23H,2,7-14H2,1H3,(H,19,22). The molecule has 2 aliphatic heterocycles. The zero-order chi connectivity index (χ0) is 20.2. The van der Waals surface area contributed by atoms with Crippen molar-refractivity contribution in [3.05, 3.63) is 24.3 Å². The maximum absolute atomic E-state index is 13.3. The quantitative estimate of drug-likeness (QED) is 0.519. The first kappa shape index (κ1) is 20.8. The number of amides is 1. The smallest absolute Gasteiger partial charge is 0.266 e. The van der Waals surface area contributed by atoms with Crippen LogP contribution in [-0.4, -0.2) is 74.6 Å². The molecule has 1 amide bonds. The monoisotopic (exact) mass is 413 g/mol. The first-order valence-electron chi connectivity index (χ1n) is 9.44. The van der Waals surface area contributed by atoms with Crippen molar-refractivity contribution in [3.8, 4) is 5.75 Å². The number of nitrogens with one attached hydrogen (secondary N) is 1. The summed E-state index contributed by atoms with van der Waals surface area (Å²) < 4.78 is 36.9. The summed E-state index contributed by atoms with van der Waals surface area (Å²) >= 11 is 0. The number of ether oxygens (including phenoxy) is 2. The maximum Gasteiger partial charge on any atom is 0.266 e. The van der Waals surface area contributed by atoms with Crippen molar-refractivity contribution >= 4 is 21.6 Å². The van der Waals surface area contributed by atoms with Gasteiger partial charge in [-0.15, -0.1) is 0 Å². The van der Waals surface area contributed by atoms with E-state index in [2.05, 4.69) is 4.90 Å². The zero-order valence-corrected chi connectivity index (χ0v) is 16.8. The van der Waals surface area contributed by atoms with Crippen LogP contribution in [0, 0.1) is 0 Å². The van der Waals surface area contributed by atoms with Gasteiger partial charge in [0.1, 0.15) is 5.75 Å². The molecule has 2 heterocycles. The molecule has 2 saturated heterocycles. The average Bonchev–Trinajstić information content (AvgIpc) is 2.74. The molecule has 2 aliphatic rings. The Labute approximate surface area is 165 Å². The number of carbonyl (C=O) groups is 1. The summed E-state index contributed by atoms with van der Waals surface area (Å²) in [5.74, 6) is -0.0892. The molecule has 0 unspecified atom stereocenters. The topological polar surface area (TPSA) is 108 Å². The van der Waals surface area contributed by atoms with Crippen LogP contribution >= 0.6 is 0 Å². The molecule has 10 heteroatoms. The molecule has 0 aliphatic carbocycles. The molecular formula is C18H27N3O6S. The molecule has 1 aromatic rings. The number of benzene rings is 1. The highest BCUT2D eigenvalue weighted by atomic mass is 32.2. The van der Waals surface area contributed by atoms with Gasteiger partial charge in [0.25, 0.3) is 5.91 Å². The second kappa shape index (κ2) is 8.64. The molecule has 0 bridgehead atoms. The van der Waals surface area contributed by atoms with E-state index >= 15 is 0 Å². The predicted octanol–water partition coefficient (Wildman–Crippen LogP) is 0.592. The first-order valence-corrected chi connectivity index (χ1v) is 10.9. The molecular weight excluding hydrogens is 386 g/mol. The Hall–Kier alpha value is -1.88. The van der Waals surface area contributed by atoms with Gasteiger partial charge >= 0.3 is 0 Å². The molecule has 28 heavy (non-hydrogen) atoms. The summed E-state index contributed by atoms with van der Waals surface area (Å²) in [5.41, 5.74) is 2.54. The molecule has 9 nitrogen and oxygen atoms in total. The van der Waals surface area contributed by atoms with Crippen LogP contribution in [0.3, 0.4) is 0 Å². The molecule has 0 atom stereocenters. The second-order valence-corrected chi connectivity index (χ2v) is 9.11. The van der Waals surface area contributed by atoms with E-state index < -0.39 is 20.7 Å². The van der Waals surface area contributed by atoms with Crippen molar-refractivity contribution in [2.45, 2.75) is 24.5 Å². The Balaban J connectivity index is 1.71. The normalized spacial score (nSPS) is 20.6. The maximum atomic E-state index is 13.3. The summed E-state index contributed by atoms with van der Waals surface area (Å²) in [4.78, 5) is 14.4. The minimum Gasteiger partial charge on any atom is -0.494 e. The van der Waals surface area contributed by atoms with E-state index in [-0.39, 0.29) is 39.1 Å². The SMILES string of the molecule is CCOc1ccc(N2CCN(S(=O)(=O)C3(C(=O)NO)CCOCC3)CC2)cc1. The van der Waals surface area contributed by atoms with E-state index in [1.165, 1.54) is 4.31 Å². The van der Waals surface area contributed by atoms with Gasteiger partial charge < -0.3 is 14.4 Å². The van der Waals surface area contributed by atoms with Crippen LogP contribution in [0.2, 0.25) is 0 Å². The molecule has 0 radical (unpaired) electrons. The third kappa shape index (κ3) is 3.82. The fourth-order valence-corrected chi connectivity index (χ4v) is 5.86. The summed E-state index contributed by atoms with van der Waals surface area (Å²) in [7, 11) is -3.94. The highest BCUT2D eigenvalue weighted by molar-refractivity contribution is 7.91. The number of hydrogen-bond acceptors (Lipinski definition) is 7. The van der Waals surface area contributed by atoms with E-state index in [1.54, 1.807) is 5.48 Å². The van der Waals surface area contributed by atoms with Gasteiger partial charge in [-0.2, -0.15) is 4.31 Å². The van der Waals surface area contributed by atoms with Crippen molar-refractivity contribution in [2.24, 2.45) is 0 Å². The van der Waals surface area contributed by atoms with Crippen molar-refractivity contribution in [3.63, 3.8) is 0 Å². The summed E-state index contributed by atoms with van der Waals surface area (Å²) in [5, 5.41) is 9.12. The molecule has 0 spiro atoms. The average molecular weight is 413 g/mol. The van der Waals surface area contributed by atoms with Crippen molar-refractivity contribution in [2.75, 3.05) is 50.9 Å². The van der Waals surface area contributed by atoms with Gasteiger partial charge in [-0.05, 0) is 31.2 Å². The zero-order valence-electron chi connectivity index (χ0n) is 16.0. The van der Waals surface area contributed by atoms with Crippen LogP contribution in [0.4, 0.5) is 5.69 Å². The first-order chi connectivity index (χ1) is 13.4. The van der Waals surface area contributed by atoms with Crippen molar-refractivity contribution in [1.82, 2.24) is 9.79 Å². The van der Waals surface area contributed by atoms with Crippen molar-refractivity contribution in [1.29, 1.82) is 0 Å². The van der Waals surface area contributed by atoms with Gasteiger partial charge in [0.05, 0.1) is 6.61 Å². The van der Waals surface area contributed by atoms with Crippen LogP contribution in [-0.2, 0) is 19.6 Å². The number of carbonyl (C=O) groups excluding carboxylic acids is 1. The Kier molecular flexibility index (Phi) is 6.43. The lowest BCUT2D eigenvalue weighted by molar-refractivity contribution is -0.134. The Morgan fingerprint density at radius 2 is 1.79 bits per heavy atom.